The molecular formula is C14H29N3O2. The molecule has 1 amide bonds. The predicted molar refractivity (Wildman–Crippen MR) is 77.1 cm³/mol. The lowest BCUT2D eigenvalue weighted by Gasteiger charge is -2.35. The Morgan fingerprint density at radius 2 is 1.58 bits per heavy atom. The van der Waals surface area contributed by atoms with Crippen LogP contribution in [0.1, 0.15) is 26.7 Å². The molecule has 0 atom stereocenters. The molecule has 0 radical (unpaired) electrons. The van der Waals surface area contributed by atoms with Crippen LogP contribution in [0.25, 0.3) is 0 Å². The first-order valence-electron chi connectivity index (χ1n) is 7.54. The molecule has 1 N–H and O–H groups in total. The highest BCUT2D eigenvalue weighted by Gasteiger charge is 2.20. The van der Waals surface area contributed by atoms with Crippen molar-refractivity contribution in [3.05, 3.63) is 0 Å². The van der Waals surface area contributed by atoms with E-state index in [1.165, 1.54) is 0 Å². The maximum absolute atomic E-state index is 12.2. The molecule has 112 valence electrons. The second-order valence-corrected chi connectivity index (χ2v) is 5.22. The highest BCUT2D eigenvalue weighted by atomic mass is 16.3. The number of hydrogen-bond donors (Lipinski definition) is 1. The van der Waals surface area contributed by atoms with Crippen LogP contribution in [-0.2, 0) is 4.79 Å². The van der Waals surface area contributed by atoms with Gasteiger partial charge in [-0.2, -0.15) is 0 Å². The van der Waals surface area contributed by atoms with Crippen molar-refractivity contribution in [1.29, 1.82) is 0 Å². The first kappa shape index (κ1) is 16.4. The van der Waals surface area contributed by atoms with Gasteiger partial charge in [0.15, 0.2) is 0 Å². The van der Waals surface area contributed by atoms with Gasteiger partial charge in [-0.3, -0.25) is 14.6 Å². The van der Waals surface area contributed by atoms with E-state index in [2.05, 4.69) is 23.6 Å². The summed E-state index contributed by atoms with van der Waals surface area (Å²) in [4.78, 5) is 18.7. The smallest absolute Gasteiger partial charge is 0.236 e. The average molecular weight is 271 g/mol. The first-order valence-corrected chi connectivity index (χ1v) is 7.54. The average Bonchev–Trinajstić information content (AvgIpc) is 2.41. The summed E-state index contributed by atoms with van der Waals surface area (Å²) >= 11 is 0. The summed E-state index contributed by atoms with van der Waals surface area (Å²) in [6.07, 6.45) is 2.05. The van der Waals surface area contributed by atoms with E-state index < -0.39 is 0 Å². The monoisotopic (exact) mass is 271 g/mol. The fraction of sp³-hybridized carbons (Fsp3) is 0.929. The largest absolute Gasteiger partial charge is 0.395 e. The van der Waals surface area contributed by atoms with Gasteiger partial charge in [0.2, 0.25) is 5.91 Å². The topological polar surface area (TPSA) is 47.0 Å². The zero-order valence-electron chi connectivity index (χ0n) is 12.5. The van der Waals surface area contributed by atoms with Gasteiger partial charge in [-0.1, -0.05) is 13.8 Å². The predicted octanol–water partition coefficient (Wildman–Crippen LogP) is 0.245. The van der Waals surface area contributed by atoms with Gasteiger partial charge in [-0.05, 0) is 12.8 Å². The van der Waals surface area contributed by atoms with Crippen LogP contribution >= 0.6 is 0 Å². The molecule has 1 fully saturated rings. The molecular weight excluding hydrogens is 242 g/mol. The van der Waals surface area contributed by atoms with Gasteiger partial charge in [0.1, 0.15) is 0 Å². The normalized spacial score (nSPS) is 17.6. The van der Waals surface area contributed by atoms with Crippen LogP contribution in [0.3, 0.4) is 0 Å². The third-order valence-electron chi connectivity index (χ3n) is 3.58. The third kappa shape index (κ3) is 5.89. The van der Waals surface area contributed by atoms with Crippen molar-refractivity contribution in [2.45, 2.75) is 26.7 Å². The Kier molecular flexibility index (Phi) is 8.02. The third-order valence-corrected chi connectivity index (χ3v) is 3.58. The Morgan fingerprint density at radius 3 is 2.05 bits per heavy atom. The molecule has 0 spiro atoms. The maximum atomic E-state index is 12.2. The summed E-state index contributed by atoms with van der Waals surface area (Å²) in [6, 6.07) is 0. The first-order chi connectivity index (χ1) is 9.21. The van der Waals surface area contributed by atoms with Crippen molar-refractivity contribution in [1.82, 2.24) is 14.7 Å². The van der Waals surface area contributed by atoms with Crippen LogP contribution in [0, 0.1) is 0 Å². The van der Waals surface area contributed by atoms with E-state index in [-0.39, 0.29) is 12.5 Å². The Labute approximate surface area is 117 Å². The van der Waals surface area contributed by atoms with E-state index in [4.69, 9.17) is 5.11 Å². The second-order valence-electron chi connectivity index (χ2n) is 5.22. The maximum Gasteiger partial charge on any atom is 0.236 e. The lowest BCUT2D eigenvalue weighted by Crippen LogP contribution is -2.50. The Balaban J connectivity index is 2.32. The van der Waals surface area contributed by atoms with E-state index in [1.807, 2.05) is 4.90 Å². The zero-order chi connectivity index (χ0) is 14.1. The number of piperazine rings is 1. The number of amides is 1. The summed E-state index contributed by atoms with van der Waals surface area (Å²) in [7, 11) is 0. The minimum atomic E-state index is 0.222. The van der Waals surface area contributed by atoms with Crippen molar-refractivity contribution < 1.29 is 9.90 Å². The highest BCUT2D eigenvalue weighted by Crippen LogP contribution is 2.03. The van der Waals surface area contributed by atoms with Crippen LogP contribution in [0.15, 0.2) is 0 Å². The quantitative estimate of drug-likeness (QED) is 0.687. The summed E-state index contributed by atoms with van der Waals surface area (Å²) in [5.41, 5.74) is 0. The minimum absolute atomic E-state index is 0.222. The molecule has 1 aliphatic heterocycles. The number of β-amino-alcohol motifs (C(OH)–C–C–N with tert-alkyl or cyclic N) is 1. The number of carbonyl (C=O) groups excluding carboxylic acids is 1. The van der Waals surface area contributed by atoms with Gasteiger partial charge in [0.25, 0.3) is 0 Å². The zero-order valence-corrected chi connectivity index (χ0v) is 12.5. The lowest BCUT2D eigenvalue weighted by molar-refractivity contribution is -0.133. The fourth-order valence-electron chi connectivity index (χ4n) is 2.50. The van der Waals surface area contributed by atoms with Gasteiger partial charge >= 0.3 is 0 Å². The van der Waals surface area contributed by atoms with Crippen molar-refractivity contribution in [2.75, 3.05) is 59.0 Å². The van der Waals surface area contributed by atoms with Gasteiger partial charge in [-0.15, -0.1) is 0 Å². The number of aliphatic hydroxyl groups excluding tert-OH is 1. The molecule has 0 aromatic rings. The molecule has 1 rings (SSSR count). The van der Waals surface area contributed by atoms with E-state index in [0.717, 1.165) is 58.7 Å². The van der Waals surface area contributed by atoms with Crippen LogP contribution in [0.2, 0.25) is 0 Å². The highest BCUT2D eigenvalue weighted by molar-refractivity contribution is 5.78. The van der Waals surface area contributed by atoms with Gasteiger partial charge < -0.3 is 10.0 Å². The summed E-state index contributed by atoms with van der Waals surface area (Å²) in [5.74, 6) is 0.263. The Morgan fingerprint density at radius 1 is 1.05 bits per heavy atom. The van der Waals surface area contributed by atoms with Crippen LogP contribution < -0.4 is 0 Å². The molecule has 0 aromatic carbocycles. The summed E-state index contributed by atoms with van der Waals surface area (Å²) < 4.78 is 0. The van der Waals surface area contributed by atoms with Gasteiger partial charge in [0, 0.05) is 45.8 Å². The Bertz CT molecular complexity index is 247. The molecule has 0 unspecified atom stereocenters. The standard InChI is InChI=1S/C14H29N3O2/c1-3-5-17(6-4-2)14(19)13-16-9-7-15(8-10-16)11-12-18/h18H,3-13H2,1-2H3. The van der Waals surface area contributed by atoms with Gasteiger partial charge in [0.05, 0.1) is 13.2 Å². The summed E-state index contributed by atoms with van der Waals surface area (Å²) in [5, 5.41) is 8.90. The molecule has 0 saturated carbocycles. The van der Waals surface area contributed by atoms with E-state index in [9.17, 15) is 4.79 Å². The number of aliphatic hydroxyl groups is 1. The van der Waals surface area contributed by atoms with E-state index in [0.29, 0.717) is 6.54 Å². The summed E-state index contributed by atoms with van der Waals surface area (Å²) in [6.45, 7) is 11.3. The lowest BCUT2D eigenvalue weighted by atomic mass is 10.3. The molecule has 0 bridgehead atoms. The molecule has 1 heterocycles. The molecule has 5 nitrogen and oxygen atoms in total. The molecule has 0 aliphatic carbocycles. The van der Waals surface area contributed by atoms with Crippen LogP contribution in [0.4, 0.5) is 0 Å². The van der Waals surface area contributed by atoms with Crippen molar-refractivity contribution in [3.63, 3.8) is 0 Å². The molecule has 1 saturated heterocycles. The van der Waals surface area contributed by atoms with Crippen LogP contribution in [0.5, 0.6) is 0 Å². The molecule has 0 aromatic heterocycles. The SMILES string of the molecule is CCCN(CCC)C(=O)CN1CCN(CCO)CC1. The minimum Gasteiger partial charge on any atom is -0.395 e. The van der Waals surface area contributed by atoms with E-state index >= 15 is 0 Å². The molecule has 19 heavy (non-hydrogen) atoms. The Hall–Kier alpha value is -0.650. The molecule has 5 heteroatoms. The van der Waals surface area contributed by atoms with Crippen LogP contribution in [-0.4, -0.2) is 84.7 Å². The van der Waals surface area contributed by atoms with E-state index in [1.54, 1.807) is 0 Å². The van der Waals surface area contributed by atoms with Gasteiger partial charge in [-0.25, -0.2) is 0 Å². The number of hydrogen-bond acceptors (Lipinski definition) is 4. The number of rotatable bonds is 8. The fourth-order valence-corrected chi connectivity index (χ4v) is 2.50. The number of nitrogens with zero attached hydrogens (tertiary/aromatic N) is 3. The van der Waals surface area contributed by atoms with Crippen molar-refractivity contribution >= 4 is 5.91 Å². The molecule has 1 aliphatic rings. The number of carbonyl (C=O) groups is 1. The van der Waals surface area contributed by atoms with Crippen molar-refractivity contribution in [2.24, 2.45) is 0 Å². The van der Waals surface area contributed by atoms with Crippen molar-refractivity contribution in [3.8, 4) is 0 Å². The second kappa shape index (κ2) is 9.28.